The van der Waals surface area contributed by atoms with Crippen LogP contribution in [0.2, 0.25) is 0 Å². The summed E-state index contributed by atoms with van der Waals surface area (Å²) in [5.74, 6) is 0. The summed E-state index contributed by atoms with van der Waals surface area (Å²) in [5, 5.41) is 3.33. The molecule has 1 saturated heterocycles. The smallest absolute Gasteiger partial charge is 0.0635 e. The van der Waals surface area contributed by atoms with Crippen molar-refractivity contribution in [3.8, 4) is 0 Å². The molecule has 0 aromatic heterocycles. The standard InChI is InChI=1S/C14H22N2O/c1-17-12-9-15-13-5-7-14(8-6-13)16-10-3-2-4-11-16/h5-8,15H,2-4,9-12H2,1H3. The van der Waals surface area contributed by atoms with Crippen molar-refractivity contribution in [2.75, 3.05) is 43.6 Å². The van der Waals surface area contributed by atoms with E-state index in [1.807, 2.05) is 0 Å². The van der Waals surface area contributed by atoms with Gasteiger partial charge < -0.3 is 15.0 Å². The number of rotatable bonds is 5. The molecule has 2 rings (SSSR count). The Morgan fingerprint density at radius 2 is 1.82 bits per heavy atom. The molecular formula is C14H22N2O. The maximum absolute atomic E-state index is 5.01. The number of hydrogen-bond donors (Lipinski definition) is 1. The molecule has 0 unspecified atom stereocenters. The van der Waals surface area contributed by atoms with Gasteiger partial charge in [-0.1, -0.05) is 0 Å². The minimum absolute atomic E-state index is 0.744. The van der Waals surface area contributed by atoms with Gasteiger partial charge in [-0.25, -0.2) is 0 Å². The summed E-state index contributed by atoms with van der Waals surface area (Å²) in [6.07, 6.45) is 4.04. The molecule has 0 spiro atoms. The first-order chi connectivity index (χ1) is 8.40. The quantitative estimate of drug-likeness (QED) is 0.793. The average Bonchev–Trinajstić information content (AvgIpc) is 2.41. The molecule has 0 radical (unpaired) electrons. The van der Waals surface area contributed by atoms with Gasteiger partial charge in [-0.15, -0.1) is 0 Å². The fraction of sp³-hybridized carbons (Fsp3) is 0.571. The largest absolute Gasteiger partial charge is 0.383 e. The Labute approximate surface area is 104 Å². The number of nitrogens with one attached hydrogen (secondary N) is 1. The molecule has 0 atom stereocenters. The number of benzene rings is 1. The summed E-state index contributed by atoms with van der Waals surface area (Å²) in [6.45, 7) is 4.01. The molecule has 0 saturated carbocycles. The molecule has 0 aliphatic carbocycles. The van der Waals surface area contributed by atoms with Crippen molar-refractivity contribution >= 4 is 11.4 Å². The van der Waals surface area contributed by atoms with Gasteiger partial charge in [-0.2, -0.15) is 0 Å². The van der Waals surface area contributed by atoms with E-state index in [4.69, 9.17) is 4.74 Å². The summed E-state index contributed by atoms with van der Waals surface area (Å²) >= 11 is 0. The highest BCUT2D eigenvalue weighted by Gasteiger charge is 2.10. The second-order valence-corrected chi connectivity index (χ2v) is 4.51. The predicted molar refractivity (Wildman–Crippen MR) is 72.9 cm³/mol. The first-order valence-corrected chi connectivity index (χ1v) is 6.48. The van der Waals surface area contributed by atoms with Gasteiger partial charge in [0.1, 0.15) is 0 Å². The number of piperidine rings is 1. The SMILES string of the molecule is COCCNc1ccc(N2CCCCC2)cc1. The Bertz CT molecular complexity index is 317. The van der Waals surface area contributed by atoms with Crippen molar-refractivity contribution in [2.45, 2.75) is 19.3 Å². The molecule has 1 aliphatic rings. The summed E-state index contributed by atoms with van der Waals surface area (Å²) in [7, 11) is 1.72. The number of hydrogen-bond acceptors (Lipinski definition) is 3. The van der Waals surface area contributed by atoms with Crippen molar-refractivity contribution < 1.29 is 4.74 Å². The van der Waals surface area contributed by atoms with Crippen LogP contribution in [0.5, 0.6) is 0 Å². The summed E-state index contributed by atoms with van der Waals surface area (Å²) in [4.78, 5) is 2.47. The van der Waals surface area contributed by atoms with Crippen LogP contribution in [0.15, 0.2) is 24.3 Å². The van der Waals surface area contributed by atoms with E-state index < -0.39 is 0 Å². The second-order valence-electron chi connectivity index (χ2n) is 4.51. The Hall–Kier alpha value is -1.22. The van der Waals surface area contributed by atoms with E-state index in [1.54, 1.807) is 7.11 Å². The molecule has 1 fully saturated rings. The van der Waals surface area contributed by atoms with E-state index in [9.17, 15) is 0 Å². The van der Waals surface area contributed by atoms with E-state index in [1.165, 1.54) is 43.7 Å². The highest BCUT2D eigenvalue weighted by Crippen LogP contribution is 2.21. The van der Waals surface area contributed by atoms with Gasteiger partial charge >= 0.3 is 0 Å². The molecule has 1 heterocycles. The lowest BCUT2D eigenvalue weighted by Gasteiger charge is -2.28. The molecule has 1 aromatic carbocycles. The van der Waals surface area contributed by atoms with Crippen LogP contribution in [0, 0.1) is 0 Å². The molecule has 1 N–H and O–H groups in total. The minimum Gasteiger partial charge on any atom is -0.383 e. The monoisotopic (exact) mass is 234 g/mol. The number of ether oxygens (including phenoxy) is 1. The Balaban J connectivity index is 1.88. The van der Waals surface area contributed by atoms with E-state index in [0.717, 1.165) is 13.2 Å². The van der Waals surface area contributed by atoms with Crippen LogP contribution in [-0.4, -0.2) is 33.4 Å². The second kappa shape index (κ2) is 6.50. The molecule has 1 aromatic rings. The van der Waals surface area contributed by atoms with Crippen LogP contribution in [-0.2, 0) is 4.74 Å². The molecular weight excluding hydrogens is 212 g/mol. The lowest BCUT2D eigenvalue weighted by molar-refractivity contribution is 0.211. The van der Waals surface area contributed by atoms with Crippen LogP contribution in [0.25, 0.3) is 0 Å². The zero-order valence-corrected chi connectivity index (χ0v) is 10.6. The Kier molecular flexibility index (Phi) is 4.68. The van der Waals surface area contributed by atoms with Gasteiger partial charge in [-0.05, 0) is 43.5 Å². The van der Waals surface area contributed by atoms with E-state index in [0.29, 0.717) is 0 Å². The molecule has 17 heavy (non-hydrogen) atoms. The minimum atomic E-state index is 0.744. The lowest BCUT2D eigenvalue weighted by Crippen LogP contribution is -2.29. The van der Waals surface area contributed by atoms with Gasteiger partial charge in [0, 0.05) is 38.1 Å². The van der Waals surface area contributed by atoms with Crippen LogP contribution in [0.4, 0.5) is 11.4 Å². The lowest BCUT2D eigenvalue weighted by atomic mass is 10.1. The zero-order valence-electron chi connectivity index (χ0n) is 10.6. The van der Waals surface area contributed by atoms with E-state index >= 15 is 0 Å². The highest BCUT2D eigenvalue weighted by atomic mass is 16.5. The van der Waals surface area contributed by atoms with Gasteiger partial charge in [0.15, 0.2) is 0 Å². The Morgan fingerprint density at radius 3 is 2.47 bits per heavy atom. The maximum Gasteiger partial charge on any atom is 0.0635 e. The van der Waals surface area contributed by atoms with Crippen LogP contribution >= 0.6 is 0 Å². The third-order valence-corrected chi connectivity index (χ3v) is 3.22. The fourth-order valence-corrected chi connectivity index (χ4v) is 2.24. The summed E-state index contributed by atoms with van der Waals surface area (Å²) < 4.78 is 5.01. The van der Waals surface area contributed by atoms with Gasteiger partial charge in [0.25, 0.3) is 0 Å². The van der Waals surface area contributed by atoms with Gasteiger partial charge in [-0.3, -0.25) is 0 Å². The zero-order chi connectivity index (χ0) is 11.9. The number of methoxy groups -OCH3 is 1. The molecule has 3 heteroatoms. The molecule has 3 nitrogen and oxygen atoms in total. The number of nitrogens with zero attached hydrogens (tertiary/aromatic N) is 1. The average molecular weight is 234 g/mol. The van der Waals surface area contributed by atoms with Crippen LogP contribution in [0.3, 0.4) is 0 Å². The normalized spacial score (nSPS) is 15.9. The summed E-state index contributed by atoms with van der Waals surface area (Å²) in [5.41, 5.74) is 2.52. The molecule has 1 aliphatic heterocycles. The maximum atomic E-state index is 5.01. The van der Waals surface area contributed by atoms with E-state index in [-0.39, 0.29) is 0 Å². The van der Waals surface area contributed by atoms with E-state index in [2.05, 4.69) is 34.5 Å². The van der Waals surface area contributed by atoms with Crippen LogP contribution < -0.4 is 10.2 Å². The van der Waals surface area contributed by atoms with Gasteiger partial charge in [0.05, 0.1) is 6.61 Å². The Morgan fingerprint density at radius 1 is 1.12 bits per heavy atom. The van der Waals surface area contributed by atoms with Crippen molar-refractivity contribution in [1.29, 1.82) is 0 Å². The van der Waals surface area contributed by atoms with Crippen molar-refractivity contribution in [1.82, 2.24) is 0 Å². The highest BCUT2D eigenvalue weighted by molar-refractivity contribution is 5.55. The van der Waals surface area contributed by atoms with Crippen molar-refractivity contribution in [2.24, 2.45) is 0 Å². The molecule has 0 bridgehead atoms. The van der Waals surface area contributed by atoms with Crippen molar-refractivity contribution in [3.63, 3.8) is 0 Å². The first kappa shape index (κ1) is 12.2. The van der Waals surface area contributed by atoms with Crippen molar-refractivity contribution in [3.05, 3.63) is 24.3 Å². The van der Waals surface area contributed by atoms with Crippen LogP contribution in [0.1, 0.15) is 19.3 Å². The first-order valence-electron chi connectivity index (χ1n) is 6.48. The third kappa shape index (κ3) is 3.63. The van der Waals surface area contributed by atoms with Gasteiger partial charge in [0.2, 0.25) is 0 Å². The molecule has 0 amide bonds. The fourth-order valence-electron chi connectivity index (χ4n) is 2.24. The predicted octanol–water partition coefficient (Wildman–Crippen LogP) is 2.74. The number of anilines is 2. The summed E-state index contributed by atoms with van der Waals surface area (Å²) in [6, 6.07) is 8.72. The molecule has 94 valence electrons. The third-order valence-electron chi connectivity index (χ3n) is 3.22. The topological polar surface area (TPSA) is 24.5 Å².